The number of thiazole rings is 1. The van der Waals surface area contributed by atoms with Gasteiger partial charge < -0.3 is 24.4 Å². The molecular weight excluding hydrogens is 635 g/mol. The van der Waals surface area contributed by atoms with Gasteiger partial charge in [0.2, 0.25) is 5.95 Å². The molecule has 0 spiro atoms. The Morgan fingerprint density at radius 1 is 1.10 bits per heavy atom. The number of rotatable bonds is 3. The summed E-state index contributed by atoms with van der Waals surface area (Å²) in [6.07, 6.45) is 7.44. The van der Waals surface area contributed by atoms with Crippen molar-refractivity contribution in [3.8, 4) is 27.6 Å². The quantitative estimate of drug-likeness (QED) is 0.229. The highest BCUT2D eigenvalue weighted by Crippen LogP contribution is 2.47. The van der Waals surface area contributed by atoms with Crippen LogP contribution in [0.2, 0.25) is 0 Å². The van der Waals surface area contributed by atoms with E-state index < -0.39 is 17.7 Å². The van der Waals surface area contributed by atoms with E-state index in [4.69, 9.17) is 24.4 Å². The molecule has 0 aliphatic carbocycles. The summed E-state index contributed by atoms with van der Waals surface area (Å²) >= 11 is 1.56. The van der Waals surface area contributed by atoms with Crippen LogP contribution in [0.15, 0.2) is 36.5 Å². The van der Waals surface area contributed by atoms with Crippen LogP contribution in [0, 0.1) is 12.8 Å². The topological polar surface area (TPSA) is 101 Å². The third-order valence-corrected chi connectivity index (χ3v) is 11.4. The molecule has 10 heteroatoms. The second kappa shape index (κ2) is 13.6. The fraction of sp³-hybridized carbons (Fsp3) is 0.538. The third kappa shape index (κ3) is 7.05. The minimum Gasteiger partial charge on any atom is -0.493 e. The monoisotopic (exact) mass is 683 g/mol. The summed E-state index contributed by atoms with van der Waals surface area (Å²) in [4.78, 5) is 32.9. The third-order valence-electron chi connectivity index (χ3n) is 10.3. The molecule has 0 saturated carbocycles. The lowest BCUT2D eigenvalue weighted by Crippen LogP contribution is -2.53. The van der Waals surface area contributed by atoms with Gasteiger partial charge in [0.25, 0.3) is 0 Å². The number of aryl methyl sites for hydroxylation is 1. The number of aromatic nitrogens is 3. The van der Waals surface area contributed by atoms with Crippen molar-refractivity contribution in [2.45, 2.75) is 96.8 Å². The first-order valence-corrected chi connectivity index (χ1v) is 18.7. The van der Waals surface area contributed by atoms with Crippen LogP contribution in [0.4, 0.5) is 5.95 Å². The first kappa shape index (κ1) is 33.9. The van der Waals surface area contributed by atoms with Crippen molar-refractivity contribution in [3.05, 3.63) is 53.2 Å². The molecule has 4 atom stereocenters. The molecule has 0 amide bonds. The van der Waals surface area contributed by atoms with E-state index in [1.165, 1.54) is 18.4 Å². The lowest BCUT2D eigenvalue weighted by Gasteiger charge is -2.41. The molecule has 9 nitrogen and oxygen atoms in total. The molecule has 1 N–H and O–H groups in total. The fourth-order valence-corrected chi connectivity index (χ4v) is 9.09. The molecule has 2 aromatic carbocycles. The molecule has 0 radical (unpaired) electrons. The zero-order chi connectivity index (χ0) is 34.4. The number of carboxylic acid groups (broad SMARTS) is 1. The van der Waals surface area contributed by atoms with E-state index in [0.29, 0.717) is 23.4 Å². The maximum absolute atomic E-state index is 13.0. The van der Waals surface area contributed by atoms with Crippen LogP contribution in [-0.2, 0) is 9.53 Å². The van der Waals surface area contributed by atoms with E-state index in [1.54, 1.807) is 11.3 Å². The zero-order valence-corrected chi connectivity index (χ0v) is 30.5. The number of aliphatic carboxylic acids is 1. The van der Waals surface area contributed by atoms with Gasteiger partial charge in [0, 0.05) is 43.0 Å². The van der Waals surface area contributed by atoms with Crippen molar-refractivity contribution in [1.82, 2.24) is 19.9 Å². The molecule has 49 heavy (non-hydrogen) atoms. The average molecular weight is 684 g/mol. The molecule has 4 unspecified atom stereocenters. The van der Waals surface area contributed by atoms with E-state index in [-0.39, 0.29) is 0 Å². The number of piperazine rings is 1. The van der Waals surface area contributed by atoms with Gasteiger partial charge >= 0.3 is 5.97 Å². The number of fused-ring (bicyclic) bond motifs is 8. The Morgan fingerprint density at radius 2 is 1.92 bits per heavy atom. The first-order chi connectivity index (χ1) is 23.4. The summed E-state index contributed by atoms with van der Waals surface area (Å²) in [5.41, 5.74) is 5.47. The molecule has 3 aliphatic rings. The Kier molecular flexibility index (Phi) is 9.41. The van der Waals surface area contributed by atoms with Gasteiger partial charge in [0.15, 0.2) is 6.10 Å². The van der Waals surface area contributed by atoms with Crippen molar-refractivity contribution in [3.63, 3.8) is 0 Å². The first-order valence-electron chi connectivity index (χ1n) is 17.9. The molecule has 1 fully saturated rings. The number of anilines is 1. The smallest absolute Gasteiger partial charge is 0.337 e. The Bertz CT molecular complexity index is 1850. The Hall–Kier alpha value is -3.60. The summed E-state index contributed by atoms with van der Waals surface area (Å²) in [5.74, 6) is 1.67. The van der Waals surface area contributed by atoms with Crippen molar-refractivity contribution in [2.75, 3.05) is 38.2 Å². The van der Waals surface area contributed by atoms with Gasteiger partial charge in [-0.15, -0.1) is 11.3 Å². The summed E-state index contributed by atoms with van der Waals surface area (Å²) in [7, 11) is 2.21. The highest BCUT2D eigenvalue weighted by molar-refractivity contribution is 7.22. The fourth-order valence-electron chi connectivity index (χ4n) is 8.00. The van der Waals surface area contributed by atoms with Gasteiger partial charge in [-0.3, -0.25) is 0 Å². The highest BCUT2D eigenvalue weighted by Gasteiger charge is 2.34. The molecule has 6 bridgehead atoms. The number of hydrogen-bond acceptors (Lipinski definition) is 9. The lowest BCUT2D eigenvalue weighted by atomic mass is 9.84. The summed E-state index contributed by atoms with van der Waals surface area (Å²) in [6, 6.07) is 10.7. The average Bonchev–Trinajstić information content (AvgIpc) is 3.48. The minimum atomic E-state index is -1.16. The van der Waals surface area contributed by atoms with Crippen LogP contribution < -0.4 is 9.64 Å². The Balaban J connectivity index is 1.44. The lowest BCUT2D eigenvalue weighted by molar-refractivity contribution is -0.160. The summed E-state index contributed by atoms with van der Waals surface area (Å²) in [5, 5.41) is 11.4. The second-order valence-electron chi connectivity index (χ2n) is 15.4. The minimum absolute atomic E-state index is 0.341. The number of carboxylic acids is 1. The summed E-state index contributed by atoms with van der Waals surface area (Å²) in [6.45, 7) is 13.6. The number of hydrogen-bond donors (Lipinski definition) is 1. The van der Waals surface area contributed by atoms with Crippen molar-refractivity contribution in [2.24, 2.45) is 5.92 Å². The molecule has 3 aliphatic heterocycles. The van der Waals surface area contributed by atoms with Crippen LogP contribution >= 0.6 is 11.3 Å². The largest absolute Gasteiger partial charge is 0.493 e. The van der Waals surface area contributed by atoms with Crippen LogP contribution in [0.5, 0.6) is 5.75 Å². The van der Waals surface area contributed by atoms with Crippen molar-refractivity contribution < 1.29 is 19.4 Å². The van der Waals surface area contributed by atoms with Crippen LogP contribution in [0.25, 0.3) is 32.0 Å². The number of ether oxygens (including phenoxy) is 2. The summed E-state index contributed by atoms with van der Waals surface area (Å²) < 4.78 is 13.4. The second-order valence-corrected chi connectivity index (χ2v) is 16.4. The van der Waals surface area contributed by atoms with Gasteiger partial charge in [-0.2, -0.15) is 0 Å². The van der Waals surface area contributed by atoms with Crippen LogP contribution in [0.1, 0.15) is 94.9 Å². The van der Waals surface area contributed by atoms with Gasteiger partial charge in [-0.25, -0.2) is 19.7 Å². The van der Waals surface area contributed by atoms with Crippen LogP contribution in [-0.4, -0.2) is 75.9 Å². The maximum atomic E-state index is 13.0. The highest BCUT2D eigenvalue weighted by atomic mass is 32.1. The van der Waals surface area contributed by atoms with Crippen LogP contribution in [0.3, 0.4) is 0 Å². The predicted molar refractivity (Wildman–Crippen MR) is 196 cm³/mol. The maximum Gasteiger partial charge on any atom is 0.337 e. The molecule has 1 saturated heterocycles. The van der Waals surface area contributed by atoms with Gasteiger partial charge in [0.1, 0.15) is 16.5 Å². The number of carbonyl (C=O) groups is 1. The molecular formula is C39H49N5O4S. The number of nitrogens with zero attached hydrogens (tertiary/aromatic N) is 5. The Labute approximate surface area is 293 Å². The van der Waals surface area contributed by atoms with Gasteiger partial charge in [-0.1, -0.05) is 32.3 Å². The standard InChI is InChI=1S/C39H49N5O4S/c1-23-9-7-8-10-25-14-18-47-31-12-11-26(21-28(25)31)33-32(34(37(45)46)48-39(3,4)5)24(2)20-30-35(33)49-36(41-30)29-13-15-40-38(42-29)44-17-16-43(6)22-27(44)19-23/h11-13,15,20-21,23,25,27,34H,7-10,14,16-19,22H2,1-6H3,(H,45,46). The van der Waals surface area contributed by atoms with E-state index in [2.05, 4.69) is 42.0 Å². The molecule has 4 aromatic rings. The van der Waals surface area contributed by atoms with E-state index >= 15 is 0 Å². The molecule has 260 valence electrons. The van der Waals surface area contributed by atoms with E-state index in [9.17, 15) is 9.90 Å². The SMILES string of the molecule is Cc1cc2nc3sc2c(c1C(OC(C)(C)C)C(=O)O)-c1ccc2c(c1)C(CCCCC(C)CC1CN(C)CCN1c1nccc-3n1)CCO2. The van der Waals surface area contributed by atoms with Crippen molar-refractivity contribution >= 4 is 33.5 Å². The molecule has 2 aromatic heterocycles. The van der Waals surface area contributed by atoms with E-state index in [1.807, 2.05) is 46.0 Å². The Morgan fingerprint density at radius 3 is 2.71 bits per heavy atom. The predicted octanol–water partition coefficient (Wildman–Crippen LogP) is 8.26. The number of benzene rings is 2. The van der Waals surface area contributed by atoms with Crippen molar-refractivity contribution in [1.29, 1.82) is 0 Å². The van der Waals surface area contributed by atoms with E-state index in [0.717, 1.165) is 101 Å². The molecule has 5 heterocycles. The number of likely N-dealkylation sites (N-methyl/N-ethyl adjacent to an activating group) is 1. The van der Waals surface area contributed by atoms with Gasteiger partial charge in [0.05, 0.1) is 22.4 Å². The zero-order valence-electron chi connectivity index (χ0n) is 29.7. The normalized spacial score (nSPS) is 22.5. The van der Waals surface area contributed by atoms with Gasteiger partial charge in [-0.05, 0) is 107 Å². The molecule has 7 rings (SSSR count).